The van der Waals surface area contributed by atoms with Gasteiger partial charge in [0, 0.05) is 6.92 Å². The van der Waals surface area contributed by atoms with Crippen molar-refractivity contribution < 1.29 is 14.7 Å². The summed E-state index contributed by atoms with van der Waals surface area (Å²) < 4.78 is 0. The molecule has 1 amide bonds. The fraction of sp³-hybridized carbons (Fsp3) is 0.429. The van der Waals surface area contributed by atoms with Gasteiger partial charge in [-0.25, -0.2) is 0 Å². The maximum atomic E-state index is 10.4. The third-order valence-electron chi connectivity index (χ3n) is 0.957. The zero-order valence-corrected chi connectivity index (χ0v) is 6.13. The zero-order chi connectivity index (χ0) is 8.85. The van der Waals surface area contributed by atoms with Gasteiger partial charge in [0.2, 0.25) is 5.91 Å². The lowest BCUT2D eigenvalue weighted by atomic mass is 10.2. The summed E-state index contributed by atoms with van der Waals surface area (Å²) in [5, 5.41) is 10.6. The Balaban J connectivity index is 3.89. The Morgan fingerprint density at radius 3 is 2.55 bits per heavy atom. The quantitative estimate of drug-likeness (QED) is 0.545. The molecule has 11 heavy (non-hydrogen) atoms. The maximum absolute atomic E-state index is 10.4. The summed E-state index contributed by atoms with van der Waals surface area (Å²) in [7, 11) is 0. The van der Waals surface area contributed by atoms with Crippen molar-refractivity contribution >= 4 is 11.9 Å². The Morgan fingerprint density at radius 1 is 1.73 bits per heavy atom. The standard InChI is InChI=1S/C7H9NO3/c1-3-6(4-7(10)11)8-5(2)9/h1,6H,4H2,2H3,(H,8,9)(H,10,11)/t6-/m0/s1. The van der Waals surface area contributed by atoms with E-state index in [0.717, 1.165) is 0 Å². The van der Waals surface area contributed by atoms with Crippen molar-refractivity contribution in [2.75, 3.05) is 0 Å². The average Bonchev–Trinajstić information content (AvgIpc) is 1.84. The molecule has 60 valence electrons. The van der Waals surface area contributed by atoms with Gasteiger partial charge in [-0.3, -0.25) is 9.59 Å². The molecule has 0 aliphatic rings. The van der Waals surface area contributed by atoms with Crippen LogP contribution in [0.4, 0.5) is 0 Å². The minimum atomic E-state index is -1.03. The third kappa shape index (κ3) is 4.97. The summed E-state index contributed by atoms with van der Waals surface area (Å²) in [4.78, 5) is 20.5. The Kier molecular flexibility index (Phi) is 3.75. The molecule has 0 radical (unpaired) electrons. The van der Waals surface area contributed by atoms with Crippen LogP contribution in [-0.4, -0.2) is 23.0 Å². The molecule has 0 aromatic rings. The number of aliphatic carboxylic acids is 1. The molecule has 0 heterocycles. The second-order valence-corrected chi connectivity index (χ2v) is 2.02. The minimum absolute atomic E-state index is 0.240. The highest BCUT2D eigenvalue weighted by atomic mass is 16.4. The number of hydrogen-bond donors (Lipinski definition) is 2. The summed E-state index contributed by atoms with van der Waals surface area (Å²) in [5.74, 6) is 0.801. The molecular weight excluding hydrogens is 146 g/mol. The predicted octanol–water partition coefficient (Wildman–Crippen LogP) is -0.401. The van der Waals surface area contributed by atoms with Crippen molar-refractivity contribution in [2.45, 2.75) is 19.4 Å². The van der Waals surface area contributed by atoms with Crippen LogP contribution in [0.2, 0.25) is 0 Å². The van der Waals surface area contributed by atoms with E-state index in [1.165, 1.54) is 6.92 Å². The molecule has 0 bridgehead atoms. The largest absolute Gasteiger partial charge is 0.481 e. The van der Waals surface area contributed by atoms with Crippen LogP contribution in [-0.2, 0) is 9.59 Å². The van der Waals surface area contributed by atoms with Gasteiger partial charge < -0.3 is 10.4 Å². The summed E-state index contributed by atoms with van der Waals surface area (Å²) in [6.07, 6.45) is 4.70. The Morgan fingerprint density at radius 2 is 2.27 bits per heavy atom. The van der Waals surface area contributed by atoms with Crippen LogP contribution in [0.3, 0.4) is 0 Å². The molecule has 0 aliphatic carbocycles. The second kappa shape index (κ2) is 4.34. The molecule has 0 unspecified atom stereocenters. The maximum Gasteiger partial charge on any atom is 0.306 e. The lowest BCUT2D eigenvalue weighted by molar-refractivity contribution is -0.137. The highest BCUT2D eigenvalue weighted by molar-refractivity contribution is 5.75. The van der Waals surface area contributed by atoms with E-state index in [2.05, 4.69) is 11.2 Å². The smallest absolute Gasteiger partial charge is 0.306 e. The average molecular weight is 155 g/mol. The Bertz CT molecular complexity index is 188. The third-order valence-corrected chi connectivity index (χ3v) is 0.957. The van der Waals surface area contributed by atoms with Crippen molar-refractivity contribution in [1.82, 2.24) is 5.32 Å². The lowest BCUT2D eigenvalue weighted by Gasteiger charge is -2.07. The van der Waals surface area contributed by atoms with Crippen LogP contribution >= 0.6 is 0 Å². The lowest BCUT2D eigenvalue weighted by Crippen LogP contribution is -2.33. The number of nitrogens with one attached hydrogen (secondary N) is 1. The molecule has 1 atom stereocenters. The van der Waals surface area contributed by atoms with Gasteiger partial charge in [-0.15, -0.1) is 6.42 Å². The first-order valence-corrected chi connectivity index (χ1v) is 3.01. The number of carbonyl (C=O) groups excluding carboxylic acids is 1. The molecule has 2 N–H and O–H groups in total. The number of amides is 1. The van der Waals surface area contributed by atoms with Crippen molar-refractivity contribution in [3.8, 4) is 12.3 Å². The van der Waals surface area contributed by atoms with Crippen molar-refractivity contribution in [3.63, 3.8) is 0 Å². The van der Waals surface area contributed by atoms with Gasteiger partial charge in [-0.2, -0.15) is 0 Å². The minimum Gasteiger partial charge on any atom is -0.481 e. The van der Waals surface area contributed by atoms with E-state index < -0.39 is 12.0 Å². The highest BCUT2D eigenvalue weighted by Crippen LogP contribution is 1.89. The monoisotopic (exact) mass is 155 g/mol. The van der Waals surface area contributed by atoms with Gasteiger partial charge in [0.15, 0.2) is 0 Å². The van der Waals surface area contributed by atoms with E-state index in [9.17, 15) is 9.59 Å². The van der Waals surface area contributed by atoms with E-state index in [4.69, 9.17) is 11.5 Å². The van der Waals surface area contributed by atoms with Crippen LogP contribution in [0.25, 0.3) is 0 Å². The summed E-state index contributed by atoms with van der Waals surface area (Å²) in [6.45, 7) is 1.28. The summed E-state index contributed by atoms with van der Waals surface area (Å²) in [6, 6.07) is -0.704. The first-order chi connectivity index (χ1) is 5.06. The van der Waals surface area contributed by atoms with E-state index in [-0.39, 0.29) is 12.3 Å². The van der Waals surface area contributed by atoms with Crippen molar-refractivity contribution in [3.05, 3.63) is 0 Å². The number of carbonyl (C=O) groups is 2. The number of hydrogen-bond acceptors (Lipinski definition) is 2. The van der Waals surface area contributed by atoms with Gasteiger partial charge in [0.25, 0.3) is 0 Å². The SMILES string of the molecule is C#C[C@@H](CC(=O)O)NC(C)=O. The zero-order valence-electron chi connectivity index (χ0n) is 6.13. The van der Waals surface area contributed by atoms with E-state index in [1.807, 2.05) is 0 Å². The molecule has 0 saturated carbocycles. The molecule has 0 aromatic heterocycles. The molecule has 0 aliphatic heterocycles. The van der Waals surface area contributed by atoms with Gasteiger partial charge in [0.1, 0.15) is 6.04 Å². The molecule has 4 nitrogen and oxygen atoms in total. The van der Waals surface area contributed by atoms with Crippen LogP contribution in [0.5, 0.6) is 0 Å². The van der Waals surface area contributed by atoms with Crippen LogP contribution in [0, 0.1) is 12.3 Å². The fourth-order valence-corrected chi connectivity index (χ4v) is 0.572. The molecule has 0 spiro atoms. The van der Waals surface area contributed by atoms with Gasteiger partial charge >= 0.3 is 5.97 Å². The number of carboxylic acid groups (broad SMARTS) is 1. The first-order valence-electron chi connectivity index (χ1n) is 3.01. The van der Waals surface area contributed by atoms with Crippen molar-refractivity contribution in [1.29, 1.82) is 0 Å². The highest BCUT2D eigenvalue weighted by Gasteiger charge is 2.09. The molecule has 0 fully saturated rings. The number of terminal acetylenes is 1. The molecule has 0 rings (SSSR count). The van der Waals surface area contributed by atoms with Crippen LogP contribution < -0.4 is 5.32 Å². The van der Waals surface area contributed by atoms with Gasteiger partial charge in [-0.05, 0) is 0 Å². The number of rotatable bonds is 3. The predicted molar refractivity (Wildman–Crippen MR) is 38.7 cm³/mol. The van der Waals surface area contributed by atoms with Crippen molar-refractivity contribution in [2.24, 2.45) is 0 Å². The topological polar surface area (TPSA) is 66.4 Å². The molecule has 4 heteroatoms. The van der Waals surface area contributed by atoms with E-state index >= 15 is 0 Å². The fourth-order valence-electron chi connectivity index (χ4n) is 0.572. The van der Waals surface area contributed by atoms with E-state index in [1.54, 1.807) is 0 Å². The first kappa shape index (κ1) is 9.50. The second-order valence-electron chi connectivity index (χ2n) is 2.02. The Labute approximate surface area is 64.6 Å². The normalized spacial score (nSPS) is 11.3. The Hall–Kier alpha value is -1.50. The van der Waals surface area contributed by atoms with E-state index in [0.29, 0.717) is 0 Å². The summed E-state index contributed by atoms with van der Waals surface area (Å²) in [5.41, 5.74) is 0. The van der Waals surface area contributed by atoms with Crippen LogP contribution in [0.15, 0.2) is 0 Å². The molecule has 0 saturated heterocycles. The summed E-state index contributed by atoms with van der Waals surface area (Å²) >= 11 is 0. The van der Waals surface area contributed by atoms with Gasteiger partial charge in [-0.1, -0.05) is 5.92 Å². The molecule has 0 aromatic carbocycles. The van der Waals surface area contributed by atoms with Gasteiger partial charge in [0.05, 0.1) is 6.42 Å². The number of carboxylic acids is 1. The van der Waals surface area contributed by atoms with Crippen LogP contribution in [0.1, 0.15) is 13.3 Å². The molecular formula is C7H9NO3.